The van der Waals surface area contributed by atoms with Crippen molar-refractivity contribution in [3.8, 4) is 0 Å². The summed E-state index contributed by atoms with van der Waals surface area (Å²) in [6.07, 6.45) is -2.09. The molecule has 2 unspecified atom stereocenters. The third-order valence-electron chi connectivity index (χ3n) is 5.38. The molecule has 0 spiro atoms. The number of benzene rings is 1. The van der Waals surface area contributed by atoms with Crippen LogP contribution < -0.4 is 5.73 Å². The standard InChI is InChI=1S/C21H23ClN2O7/c1-20(2)6-12-17(18(23)16-10(22)4-3-5-11(16)24-12)13(7-20)31-15(27)9-21(30,19(28)29)8-14(25)26/h3-5,13,30H,6-9H2,1-2H3,(H2,23,24)(H,25,26)(H,28,29). The van der Waals surface area contributed by atoms with Crippen LogP contribution in [0.2, 0.25) is 5.02 Å². The number of hydrogen-bond donors (Lipinski definition) is 4. The maximum absolute atomic E-state index is 12.5. The molecule has 0 radical (unpaired) electrons. The van der Waals surface area contributed by atoms with Gasteiger partial charge in [0.1, 0.15) is 6.10 Å². The van der Waals surface area contributed by atoms with E-state index in [2.05, 4.69) is 4.98 Å². The van der Waals surface area contributed by atoms with Crippen molar-refractivity contribution in [1.29, 1.82) is 0 Å². The van der Waals surface area contributed by atoms with Crippen molar-refractivity contribution in [1.82, 2.24) is 4.98 Å². The Morgan fingerprint density at radius 1 is 1.29 bits per heavy atom. The number of carbonyl (C=O) groups excluding carboxylic acids is 1. The Morgan fingerprint density at radius 3 is 2.58 bits per heavy atom. The molecular formula is C21H23ClN2O7. The Morgan fingerprint density at radius 2 is 1.97 bits per heavy atom. The molecule has 0 bridgehead atoms. The van der Waals surface area contributed by atoms with Crippen LogP contribution in [0, 0.1) is 5.41 Å². The molecule has 1 aliphatic rings. The van der Waals surface area contributed by atoms with Crippen molar-refractivity contribution in [3.63, 3.8) is 0 Å². The van der Waals surface area contributed by atoms with Crippen LogP contribution in [0.5, 0.6) is 0 Å². The lowest BCUT2D eigenvalue weighted by molar-refractivity contribution is -0.174. The topological polar surface area (TPSA) is 160 Å². The Kier molecular flexibility index (Phi) is 5.86. The van der Waals surface area contributed by atoms with Crippen LogP contribution in [0.15, 0.2) is 18.2 Å². The van der Waals surface area contributed by atoms with Crippen molar-refractivity contribution in [2.45, 2.75) is 51.2 Å². The first-order valence-electron chi connectivity index (χ1n) is 9.56. The van der Waals surface area contributed by atoms with E-state index in [-0.39, 0.29) is 5.41 Å². The predicted molar refractivity (Wildman–Crippen MR) is 112 cm³/mol. The van der Waals surface area contributed by atoms with Gasteiger partial charge in [-0.15, -0.1) is 0 Å². The van der Waals surface area contributed by atoms with Gasteiger partial charge in [-0.05, 0) is 30.4 Å². The lowest BCUT2D eigenvalue weighted by Gasteiger charge is -2.37. The monoisotopic (exact) mass is 450 g/mol. The number of carboxylic acids is 2. The Balaban J connectivity index is 1.99. The van der Waals surface area contributed by atoms with E-state index in [0.717, 1.165) is 0 Å². The molecule has 166 valence electrons. The summed E-state index contributed by atoms with van der Waals surface area (Å²) < 4.78 is 5.53. The van der Waals surface area contributed by atoms with Gasteiger partial charge < -0.3 is 25.8 Å². The summed E-state index contributed by atoms with van der Waals surface area (Å²) in [7, 11) is 0. The number of aliphatic hydroxyl groups is 1. The van der Waals surface area contributed by atoms with Crippen LogP contribution in [-0.2, 0) is 25.5 Å². The maximum atomic E-state index is 12.5. The van der Waals surface area contributed by atoms with Crippen molar-refractivity contribution in [3.05, 3.63) is 34.5 Å². The molecule has 1 aliphatic carbocycles. The summed E-state index contributed by atoms with van der Waals surface area (Å²) in [5.74, 6) is -4.44. The molecule has 0 amide bonds. The molecule has 2 aromatic rings. The number of halogens is 1. The number of nitrogens with zero attached hydrogens (tertiary/aromatic N) is 1. The third-order valence-corrected chi connectivity index (χ3v) is 5.69. The third kappa shape index (κ3) is 4.57. The number of ether oxygens (including phenoxy) is 1. The highest BCUT2D eigenvalue weighted by molar-refractivity contribution is 6.36. The van der Waals surface area contributed by atoms with E-state index in [0.29, 0.717) is 45.7 Å². The number of carbonyl (C=O) groups is 3. The average molecular weight is 451 g/mol. The van der Waals surface area contributed by atoms with Gasteiger partial charge in [-0.25, -0.2) is 4.79 Å². The summed E-state index contributed by atoms with van der Waals surface area (Å²) in [4.78, 5) is 39.5. The number of carboxylic acid groups (broad SMARTS) is 2. The fourth-order valence-corrected chi connectivity index (χ4v) is 4.27. The van der Waals surface area contributed by atoms with Crippen molar-refractivity contribution >= 4 is 46.1 Å². The molecule has 10 heteroatoms. The van der Waals surface area contributed by atoms with Gasteiger partial charge in [0.2, 0.25) is 0 Å². The molecule has 0 saturated heterocycles. The second kappa shape index (κ2) is 7.97. The first-order valence-corrected chi connectivity index (χ1v) is 9.94. The summed E-state index contributed by atoms with van der Waals surface area (Å²) >= 11 is 6.30. The summed E-state index contributed by atoms with van der Waals surface area (Å²) in [6.45, 7) is 3.93. The average Bonchev–Trinajstić information content (AvgIpc) is 2.58. The van der Waals surface area contributed by atoms with E-state index in [1.807, 2.05) is 13.8 Å². The number of rotatable bonds is 6. The zero-order valence-electron chi connectivity index (χ0n) is 17.0. The van der Waals surface area contributed by atoms with Gasteiger partial charge in [0.25, 0.3) is 0 Å². The Bertz CT molecular complexity index is 1090. The molecule has 2 atom stereocenters. The second-order valence-electron chi connectivity index (χ2n) is 8.63. The molecular weight excluding hydrogens is 428 g/mol. The van der Waals surface area contributed by atoms with Crippen molar-refractivity contribution in [2.24, 2.45) is 5.41 Å². The highest BCUT2D eigenvalue weighted by atomic mass is 35.5. The minimum absolute atomic E-state index is 0.312. The summed E-state index contributed by atoms with van der Waals surface area (Å²) in [5.41, 5.74) is 5.36. The van der Waals surface area contributed by atoms with Crippen LogP contribution in [0.25, 0.3) is 10.9 Å². The van der Waals surface area contributed by atoms with Crippen LogP contribution in [-0.4, -0.2) is 43.8 Å². The molecule has 1 heterocycles. The molecule has 1 aromatic carbocycles. The minimum atomic E-state index is -2.79. The quantitative estimate of drug-likeness (QED) is 0.485. The van der Waals surface area contributed by atoms with E-state index >= 15 is 0 Å². The Labute approximate surface area is 182 Å². The molecule has 1 aromatic heterocycles. The normalized spacial score (nSPS) is 19.3. The predicted octanol–water partition coefficient (Wildman–Crippen LogP) is 2.71. The fourth-order valence-electron chi connectivity index (χ4n) is 4.00. The smallest absolute Gasteiger partial charge is 0.336 e. The number of fused-ring (bicyclic) bond motifs is 2. The SMILES string of the molecule is CC1(C)Cc2nc3cccc(Cl)c3c(N)c2C(OC(=O)CC(O)(CC(=O)O)C(=O)O)C1. The number of aromatic nitrogens is 1. The largest absolute Gasteiger partial charge is 0.481 e. The lowest BCUT2D eigenvalue weighted by Crippen LogP contribution is -2.43. The van der Waals surface area contributed by atoms with Gasteiger partial charge in [-0.2, -0.15) is 0 Å². The van der Waals surface area contributed by atoms with Gasteiger partial charge in [0.15, 0.2) is 5.60 Å². The highest BCUT2D eigenvalue weighted by Crippen LogP contribution is 2.47. The minimum Gasteiger partial charge on any atom is -0.481 e. The van der Waals surface area contributed by atoms with Gasteiger partial charge in [0, 0.05) is 10.9 Å². The first kappa shape index (κ1) is 22.8. The van der Waals surface area contributed by atoms with Gasteiger partial charge in [-0.1, -0.05) is 31.5 Å². The summed E-state index contributed by atoms with van der Waals surface area (Å²) in [6, 6.07) is 5.20. The van der Waals surface area contributed by atoms with E-state index in [4.69, 9.17) is 27.2 Å². The zero-order valence-corrected chi connectivity index (χ0v) is 17.8. The van der Waals surface area contributed by atoms with Crippen LogP contribution in [0.4, 0.5) is 5.69 Å². The molecule has 0 fully saturated rings. The zero-order chi connectivity index (χ0) is 23.1. The van der Waals surface area contributed by atoms with Gasteiger partial charge in [-0.3, -0.25) is 14.6 Å². The Hall–Kier alpha value is -2.91. The number of esters is 1. The van der Waals surface area contributed by atoms with Gasteiger partial charge >= 0.3 is 17.9 Å². The number of pyridine rings is 1. The molecule has 3 rings (SSSR count). The van der Waals surface area contributed by atoms with E-state index in [1.54, 1.807) is 18.2 Å². The van der Waals surface area contributed by atoms with E-state index in [9.17, 15) is 24.6 Å². The molecule has 9 nitrogen and oxygen atoms in total. The number of nitrogens with two attached hydrogens (primary N) is 1. The van der Waals surface area contributed by atoms with Crippen molar-refractivity contribution in [2.75, 3.05) is 5.73 Å². The van der Waals surface area contributed by atoms with Gasteiger partial charge in [0.05, 0.1) is 34.8 Å². The number of hydrogen-bond acceptors (Lipinski definition) is 7. The number of anilines is 1. The molecule has 31 heavy (non-hydrogen) atoms. The highest BCUT2D eigenvalue weighted by Gasteiger charge is 2.43. The first-order chi connectivity index (χ1) is 14.3. The van der Waals surface area contributed by atoms with E-state index in [1.165, 1.54) is 0 Å². The molecule has 0 saturated carbocycles. The van der Waals surface area contributed by atoms with Crippen LogP contribution >= 0.6 is 11.6 Å². The van der Waals surface area contributed by atoms with Crippen LogP contribution in [0.1, 0.15) is 50.5 Å². The fraction of sp³-hybridized carbons (Fsp3) is 0.429. The summed E-state index contributed by atoms with van der Waals surface area (Å²) in [5, 5.41) is 29.2. The maximum Gasteiger partial charge on any atom is 0.336 e. The molecule has 5 N–H and O–H groups in total. The van der Waals surface area contributed by atoms with Crippen molar-refractivity contribution < 1.29 is 34.4 Å². The number of aliphatic carboxylic acids is 2. The molecule has 0 aliphatic heterocycles. The number of nitrogen functional groups attached to an aromatic ring is 1. The lowest BCUT2D eigenvalue weighted by atomic mass is 9.74. The second-order valence-corrected chi connectivity index (χ2v) is 9.03. The van der Waals surface area contributed by atoms with Crippen LogP contribution in [0.3, 0.4) is 0 Å². The van der Waals surface area contributed by atoms with E-state index < -0.39 is 42.5 Å².